The number of hydrogen-bond acceptors (Lipinski definition) is 2. The van der Waals surface area contributed by atoms with Crippen molar-refractivity contribution in [1.29, 1.82) is 0 Å². The smallest absolute Gasteiger partial charge is 0.256 e. The van der Waals surface area contributed by atoms with Gasteiger partial charge in [0.25, 0.3) is 5.91 Å². The van der Waals surface area contributed by atoms with Gasteiger partial charge in [0.05, 0.1) is 5.56 Å². The van der Waals surface area contributed by atoms with Gasteiger partial charge in [-0.1, -0.05) is 31.0 Å². The van der Waals surface area contributed by atoms with Crippen LogP contribution >= 0.6 is 11.3 Å². The van der Waals surface area contributed by atoms with E-state index in [1.165, 1.54) is 28.8 Å². The van der Waals surface area contributed by atoms with Gasteiger partial charge in [-0.05, 0) is 56.2 Å². The van der Waals surface area contributed by atoms with Crippen LogP contribution in [0.1, 0.15) is 51.7 Å². The molecule has 1 atom stereocenters. The molecule has 2 nitrogen and oxygen atoms in total. The first kappa shape index (κ1) is 15.3. The second-order valence-electron chi connectivity index (χ2n) is 6.34. The van der Waals surface area contributed by atoms with Crippen LogP contribution in [0.15, 0.2) is 23.6 Å². The summed E-state index contributed by atoms with van der Waals surface area (Å²) in [7, 11) is 0. The Kier molecular flexibility index (Phi) is 4.34. The molecule has 0 bridgehead atoms. The molecule has 1 amide bonds. The van der Waals surface area contributed by atoms with Crippen LogP contribution in [-0.4, -0.2) is 5.91 Å². The lowest BCUT2D eigenvalue weighted by molar-refractivity contribution is 0.102. The van der Waals surface area contributed by atoms with Crippen LogP contribution in [0.3, 0.4) is 0 Å². The number of rotatable bonds is 3. The van der Waals surface area contributed by atoms with Crippen LogP contribution < -0.4 is 5.32 Å². The summed E-state index contributed by atoms with van der Waals surface area (Å²) in [5.41, 5.74) is 5.42. The number of nitrogens with one attached hydrogen (secondary N) is 1. The van der Waals surface area contributed by atoms with E-state index in [0.29, 0.717) is 0 Å². The number of anilines is 1. The first-order valence-corrected chi connectivity index (χ1v) is 8.94. The predicted molar refractivity (Wildman–Crippen MR) is 94.0 cm³/mol. The minimum absolute atomic E-state index is 0.0411. The highest BCUT2D eigenvalue weighted by molar-refractivity contribution is 7.10. The number of amides is 1. The Morgan fingerprint density at radius 1 is 1.36 bits per heavy atom. The summed E-state index contributed by atoms with van der Waals surface area (Å²) in [4.78, 5) is 14.1. The summed E-state index contributed by atoms with van der Waals surface area (Å²) >= 11 is 1.76. The van der Waals surface area contributed by atoms with Crippen molar-refractivity contribution in [2.24, 2.45) is 5.92 Å². The quantitative estimate of drug-likeness (QED) is 0.836. The Bertz CT molecular complexity index is 701. The Labute approximate surface area is 136 Å². The maximum Gasteiger partial charge on any atom is 0.256 e. The summed E-state index contributed by atoms with van der Waals surface area (Å²) in [6, 6.07) is 6.14. The Hall–Kier alpha value is -1.61. The lowest BCUT2D eigenvalue weighted by Gasteiger charge is -2.21. The molecule has 1 aromatic carbocycles. The molecule has 116 valence electrons. The van der Waals surface area contributed by atoms with Crippen LogP contribution in [-0.2, 0) is 12.8 Å². The molecule has 22 heavy (non-hydrogen) atoms. The molecule has 1 aromatic heterocycles. The number of carbonyl (C=O) groups excluding carboxylic acids is 1. The van der Waals surface area contributed by atoms with Crippen molar-refractivity contribution in [1.82, 2.24) is 0 Å². The minimum atomic E-state index is 0.0411. The van der Waals surface area contributed by atoms with Gasteiger partial charge in [-0.25, -0.2) is 0 Å². The van der Waals surface area contributed by atoms with Crippen LogP contribution in [0, 0.1) is 19.8 Å². The number of benzene rings is 1. The Balaban J connectivity index is 1.80. The zero-order chi connectivity index (χ0) is 15.7. The monoisotopic (exact) mass is 313 g/mol. The molecule has 1 aliphatic carbocycles. The van der Waals surface area contributed by atoms with E-state index < -0.39 is 0 Å². The van der Waals surface area contributed by atoms with Gasteiger partial charge in [0, 0.05) is 15.9 Å². The third-order valence-electron chi connectivity index (χ3n) is 4.71. The molecule has 3 rings (SSSR count). The van der Waals surface area contributed by atoms with Crippen molar-refractivity contribution in [3.05, 3.63) is 50.7 Å². The van der Waals surface area contributed by atoms with Crippen molar-refractivity contribution < 1.29 is 4.79 Å². The molecule has 1 heterocycles. The normalized spacial score (nSPS) is 17.1. The highest BCUT2D eigenvalue weighted by Gasteiger charge is 2.24. The molecular formula is C19H23NOS. The SMILES string of the molecule is CCC1CCc2c(C(=O)Nc3ccc(C)cc3C)csc2C1. The fraction of sp³-hybridized carbons (Fsp3) is 0.421. The van der Waals surface area contributed by atoms with Gasteiger partial charge in [0.2, 0.25) is 0 Å². The third-order valence-corrected chi connectivity index (χ3v) is 5.76. The first-order chi connectivity index (χ1) is 10.6. The molecule has 1 N–H and O–H groups in total. The van der Waals surface area contributed by atoms with Gasteiger partial charge in [-0.3, -0.25) is 4.79 Å². The molecule has 0 saturated carbocycles. The minimum Gasteiger partial charge on any atom is -0.322 e. The molecule has 1 unspecified atom stereocenters. The zero-order valence-electron chi connectivity index (χ0n) is 13.5. The van der Waals surface area contributed by atoms with E-state index in [1.54, 1.807) is 11.3 Å². The predicted octanol–water partition coefficient (Wildman–Crippen LogP) is 5.13. The second kappa shape index (κ2) is 6.25. The topological polar surface area (TPSA) is 29.1 Å². The Morgan fingerprint density at radius 3 is 2.91 bits per heavy atom. The lowest BCUT2D eigenvalue weighted by Crippen LogP contribution is -2.17. The fourth-order valence-electron chi connectivity index (χ4n) is 3.26. The van der Waals surface area contributed by atoms with Gasteiger partial charge in [-0.15, -0.1) is 11.3 Å². The van der Waals surface area contributed by atoms with Gasteiger partial charge in [-0.2, -0.15) is 0 Å². The van der Waals surface area contributed by atoms with Crippen molar-refractivity contribution in [3.8, 4) is 0 Å². The summed E-state index contributed by atoms with van der Waals surface area (Å²) in [6.45, 7) is 6.37. The number of fused-ring (bicyclic) bond motifs is 1. The van der Waals surface area contributed by atoms with Crippen LogP contribution in [0.5, 0.6) is 0 Å². The van der Waals surface area contributed by atoms with E-state index in [-0.39, 0.29) is 5.91 Å². The first-order valence-electron chi connectivity index (χ1n) is 8.06. The zero-order valence-corrected chi connectivity index (χ0v) is 14.3. The summed E-state index contributed by atoms with van der Waals surface area (Å²) in [5.74, 6) is 0.834. The van der Waals surface area contributed by atoms with E-state index in [0.717, 1.165) is 35.6 Å². The second-order valence-corrected chi connectivity index (χ2v) is 7.30. The van der Waals surface area contributed by atoms with Crippen LogP contribution in [0.25, 0.3) is 0 Å². The molecule has 0 aliphatic heterocycles. The van der Waals surface area contributed by atoms with E-state index in [2.05, 4.69) is 25.2 Å². The van der Waals surface area contributed by atoms with Crippen LogP contribution in [0.2, 0.25) is 0 Å². The summed E-state index contributed by atoms with van der Waals surface area (Å²) in [5, 5.41) is 5.13. The Morgan fingerprint density at radius 2 is 2.18 bits per heavy atom. The molecule has 0 saturated heterocycles. The summed E-state index contributed by atoms with van der Waals surface area (Å²) in [6.07, 6.45) is 4.64. The molecular weight excluding hydrogens is 290 g/mol. The van der Waals surface area contributed by atoms with Crippen molar-refractivity contribution in [3.63, 3.8) is 0 Å². The van der Waals surface area contributed by atoms with E-state index in [9.17, 15) is 4.79 Å². The number of thiophene rings is 1. The molecule has 1 aliphatic rings. The van der Waals surface area contributed by atoms with E-state index in [4.69, 9.17) is 0 Å². The number of aryl methyl sites for hydroxylation is 2. The molecule has 2 aromatic rings. The molecule has 0 radical (unpaired) electrons. The van der Waals surface area contributed by atoms with Gasteiger partial charge < -0.3 is 5.32 Å². The maximum atomic E-state index is 12.6. The number of carbonyl (C=O) groups is 1. The lowest BCUT2D eigenvalue weighted by atomic mass is 9.86. The standard InChI is InChI=1S/C19H23NOS/c1-4-14-6-7-15-16(11-22-18(15)10-14)19(21)20-17-8-5-12(2)9-13(17)3/h5,8-9,11,14H,4,6-7,10H2,1-3H3,(H,20,21). The maximum absolute atomic E-state index is 12.6. The fourth-order valence-corrected chi connectivity index (χ4v) is 4.46. The third kappa shape index (κ3) is 2.95. The molecule has 3 heteroatoms. The van der Waals surface area contributed by atoms with E-state index in [1.807, 2.05) is 24.4 Å². The van der Waals surface area contributed by atoms with Crippen molar-refractivity contribution >= 4 is 22.9 Å². The molecule has 0 spiro atoms. The van der Waals surface area contributed by atoms with Crippen molar-refractivity contribution in [2.75, 3.05) is 5.32 Å². The van der Waals surface area contributed by atoms with Crippen molar-refractivity contribution in [2.45, 2.75) is 46.5 Å². The summed E-state index contributed by atoms with van der Waals surface area (Å²) < 4.78 is 0. The highest BCUT2D eigenvalue weighted by atomic mass is 32.1. The average Bonchev–Trinajstić information content (AvgIpc) is 2.93. The van der Waals surface area contributed by atoms with Gasteiger partial charge in [0.1, 0.15) is 0 Å². The largest absolute Gasteiger partial charge is 0.322 e. The number of hydrogen-bond donors (Lipinski definition) is 1. The van der Waals surface area contributed by atoms with Gasteiger partial charge in [0.15, 0.2) is 0 Å². The average molecular weight is 313 g/mol. The van der Waals surface area contributed by atoms with Gasteiger partial charge >= 0.3 is 0 Å². The van der Waals surface area contributed by atoms with Crippen LogP contribution in [0.4, 0.5) is 5.69 Å². The molecule has 0 fully saturated rings. The van der Waals surface area contributed by atoms with E-state index >= 15 is 0 Å². The highest BCUT2D eigenvalue weighted by Crippen LogP contribution is 2.34.